The van der Waals surface area contributed by atoms with Gasteiger partial charge in [-0.15, -0.1) is 11.8 Å². The largest absolute Gasteiger partial charge is 0.466 e. The monoisotopic (exact) mass is 419 g/mol. The number of hydrogen-bond acceptors (Lipinski definition) is 5. The van der Waals surface area contributed by atoms with E-state index in [1.807, 2.05) is 37.3 Å². The molecule has 1 aromatic heterocycles. The first kappa shape index (κ1) is 21.4. The minimum absolute atomic E-state index is 0.140. The number of fused-ring (bicyclic) bond motifs is 1. The Morgan fingerprint density at radius 2 is 2.00 bits per heavy atom. The summed E-state index contributed by atoms with van der Waals surface area (Å²) in [6.45, 7) is 2.21. The number of carbonyl (C=O) groups is 1. The highest BCUT2D eigenvalue weighted by Crippen LogP contribution is 2.35. The zero-order valence-electron chi connectivity index (χ0n) is 16.5. The van der Waals surface area contributed by atoms with Gasteiger partial charge in [0.05, 0.1) is 31.5 Å². The van der Waals surface area contributed by atoms with E-state index in [4.69, 9.17) is 9.72 Å². The zero-order chi connectivity index (χ0) is 19.8. The van der Waals surface area contributed by atoms with Crippen molar-refractivity contribution in [2.75, 3.05) is 12.4 Å². The lowest BCUT2D eigenvalue weighted by Gasteiger charge is -2.28. The van der Waals surface area contributed by atoms with E-state index in [0.29, 0.717) is 18.3 Å². The summed E-state index contributed by atoms with van der Waals surface area (Å²) in [6, 6.07) is 12.1. The Labute approximate surface area is 173 Å². The molecule has 0 bridgehead atoms. The van der Waals surface area contributed by atoms with Gasteiger partial charge in [0.15, 0.2) is 0 Å². The minimum atomic E-state index is -1.05. The van der Waals surface area contributed by atoms with Gasteiger partial charge in [-0.05, 0) is 31.4 Å². The predicted molar refractivity (Wildman–Crippen MR) is 118 cm³/mol. The Morgan fingerprint density at radius 1 is 1.21 bits per heavy atom. The molecule has 152 valence electrons. The topological polar surface area (TPSA) is 56.3 Å². The van der Waals surface area contributed by atoms with Gasteiger partial charge in [-0.3, -0.25) is 4.79 Å². The van der Waals surface area contributed by atoms with Crippen LogP contribution in [0.15, 0.2) is 41.4 Å². The van der Waals surface area contributed by atoms with E-state index in [1.165, 1.54) is 32.1 Å². The van der Waals surface area contributed by atoms with E-state index in [9.17, 15) is 9.36 Å². The van der Waals surface area contributed by atoms with Gasteiger partial charge in [0.25, 0.3) is 0 Å². The minimum Gasteiger partial charge on any atom is -0.466 e. The number of esters is 1. The van der Waals surface area contributed by atoms with Crippen molar-refractivity contribution in [1.29, 1.82) is 0 Å². The van der Waals surface area contributed by atoms with Crippen LogP contribution in [0.5, 0.6) is 0 Å². The van der Waals surface area contributed by atoms with Gasteiger partial charge in [0.2, 0.25) is 0 Å². The van der Waals surface area contributed by atoms with Crippen molar-refractivity contribution >= 4 is 37.1 Å². The summed E-state index contributed by atoms with van der Waals surface area (Å²) in [5, 5.41) is 2.02. The number of aromatic nitrogens is 1. The van der Waals surface area contributed by atoms with Gasteiger partial charge in [-0.25, -0.2) is 4.98 Å². The zero-order valence-corrected chi connectivity index (χ0v) is 18.5. The Bertz CT molecular complexity index is 794. The van der Waals surface area contributed by atoms with Crippen LogP contribution in [0.1, 0.15) is 45.4 Å². The van der Waals surface area contributed by atoms with Crippen molar-refractivity contribution in [2.45, 2.75) is 56.1 Å². The highest BCUT2D eigenvalue weighted by molar-refractivity contribution is 7.99. The molecule has 0 amide bonds. The van der Waals surface area contributed by atoms with Crippen LogP contribution in [0, 0.1) is 11.8 Å². The van der Waals surface area contributed by atoms with Crippen molar-refractivity contribution in [3.05, 3.63) is 36.4 Å². The Morgan fingerprint density at radius 3 is 2.75 bits per heavy atom. The van der Waals surface area contributed by atoms with Crippen molar-refractivity contribution < 1.29 is 14.1 Å². The fourth-order valence-corrected chi connectivity index (χ4v) is 6.07. The van der Waals surface area contributed by atoms with Crippen molar-refractivity contribution in [3.8, 4) is 0 Å². The number of carbonyl (C=O) groups excluding carboxylic acids is 1. The summed E-state index contributed by atoms with van der Waals surface area (Å²) in [4.78, 5) is 17.3. The maximum absolute atomic E-state index is 12.6. The second-order valence-corrected chi connectivity index (χ2v) is 9.72. The molecule has 3 atom stereocenters. The fraction of sp³-hybridized carbons (Fsp3) is 0.545. The Kier molecular flexibility index (Phi) is 8.42. The molecule has 6 heteroatoms. The van der Waals surface area contributed by atoms with Crippen LogP contribution >= 0.6 is 20.2 Å². The Balaban J connectivity index is 1.68. The van der Waals surface area contributed by atoms with Gasteiger partial charge < -0.3 is 9.30 Å². The van der Waals surface area contributed by atoms with E-state index >= 15 is 0 Å². The molecular weight excluding hydrogens is 389 g/mol. The fourth-order valence-electron chi connectivity index (χ4n) is 4.04. The second kappa shape index (κ2) is 11.0. The summed E-state index contributed by atoms with van der Waals surface area (Å²) in [5.41, 5.74) is 0.821. The molecule has 1 heterocycles. The molecule has 0 aliphatic heterocycles. The summed E-state index contributed by atoms with van der Waals surface area (Å²) in [7, 11) is -1.05. The normalized spacial score (nSPS) is 17.8. The SMILES string of the molecule is CCOC(=O)C(CC1CCCCC1)C(CSc1ccc2ccccc2n1)[PH2]=O. The van der Waals surface area contributed by atoms with E-state index in [-0.39, 0.29) is 17.5 Å². The summed E-state index contributed by atoms with van der Waals surface area (Å²) in [6.07, 6.45) is 6.94. The van der Waals surface area contributed by atoms with Gasteiger partial charge in [-0.2, -0.15) is 0 Å². The second-order valence-electron chi connectivity index (χ2n) is 7.55. The van der Waals surface area contributed by atoms with Gasteiger partial charge in [0, 0.05) is 16.8 Å². The third-order valence-corrected chi connectivity index (χ3v) is 8.06. The van der Waals surface area contributed by atoms with Gasteiger partial charge in [-0.1, -0.05) is 56.4 Å². The van der Waals surface area contributed by atoms with Crippen LogP contribution in [-0.4, -0.2) is 29.0 Å². The number of rotatable bonds is 9. The summed E-state index contributed by atoms with van der Waals surface area (Å²) >= 11 is 1.60. The standard InChI is InChI=1S/C22H30NO3PS/c1-2-26-22(24)18(14-16-8-4-3-5-9-16)20(27-25)15-28-21-13-12-17-10-6-7-11-19(17)23-21/h6-7,10-13,16,18,20H,2-5,8-9,14-15,27H2,1H3. The summed E-state index contributed by atoms with van der Waals surface area (Å²) in [5.74, 6) is 0.762. The lowest BCUT2D eigenvalue weighted by atomic mass is 9.82. The smallest absolute Gasteiger partial charge is 0.309 e. The quantitative estimate of drug-likeness (QED) is 0.301. The number of nitrogens with zero attached hydrogens (tertiary/aromatic N) is 1. The molecule has 0 spiro atoms. The lowest BCUT2D eigenvalue weighted by Crippen LogP contribution is -2.31. The maximum Gasteiger partial charge on any atom is 0.309 e. The average Bonchev–Trinajstić information content (AvgIpc) is 2.74. The molecule has 28 heavy (non-hydrogen) atoms. The number of ether oxygens (including phenoxy) is 1. The average molecular weight is 420 g/mol. The first-order valence-electron chi connectivity index (χ1n) is 10.3. The molecule has 0 saturated heterocycles. The van der Waals surface area contributed by atoms with Crippen LogP contribution in [0.25, 0.3) is 10.9 Å². The molecular formula is C22H30NO3PS. The first-order chi connectivity index (χ1) is 13.7. The Hall–Kier alpha value is -1.32. The molecule has 1 saturated carbocycles. The lowest BCUT2D eigenvalue weighted by molar-refractivity contribution is -0.148. The molecule has 3 rings (SSSR count). The first-order valence-corrected chi connectivity index (χ1v) is 12.4. The number of para-hydroxylation sites is 1. The van der Waals surface area contributed by atoms with Gasteiger partial charge >= 0.3 is 5.97 Å². The van der Waals surface area contributed by atoms with Crippen LogP contribution < -0.4 is 0 Å². The third-order valence-electron chi connectivity index (χ3n) is 5.59. The molecule has 2 aromatic rings. The molecule has 1 fully saturated rings. The summed E-state index contributed by atoms with van der Waals surface area (Å²) < 4.78 is 17.4. The van der Waals surface area contributed by atoms with E-state index < -0.39 is 8.46 Å². The van der Waals surface area contributed by atoms with E-state index in [0.717, 1.165) is 22.3 Å². The number of thioether (sulfide) groups is 1. The maximum atomic E-state index is 12.6. The van der Waals surface area contributed by atoms with Crippen LogP contribution in [0.4, 0.5) is 0 Å². The molecule has 1 aliphatic carbocycles. The van der Waals surface area contributed by atoms with Crippen molar-refractivity contribution in [3.63, 3.8) is 0 Å². The van der Waals surface area contributed by atoms with E-state index in [2.05, 4.69) is 6.07 Å². The number of pyridine rings is 1. The van der Waals surface area contributed by atoms with Crippen molar-refractivity contribution in [1.82, 2.24) is 4.98 Å². The molecule has 1 aliphatic rings. The highest BCUT2D eigenvalue weighted by Gasteiger charge is 2.32. The van der Waals surface area contributed by atoms with Crippen molar-refractivity contribution in [2.24, 2.45) is 11.8 Å². The molecule has 3 unspecified atom stereocenters. The molecule has 0 radical (unpaired) electrons. The molecule has 4 nitrogen and oxygen atoms in total. The van der Waals surface area contributed by atoms with Crippen LogP contribution in [0.3, 0.4) is 0 Å². The molecule has 0 N–H and O–H groups in total. The number of benzene rings is 1. The van der Waals surface area contributed by atoms with E-state index in [1.54, 1.807) is 11.8 Å². The van der Waals surface area contributed by atoms with Crippen LogP contribution in [0.2, 0.25) is 0 Å². The predicted octanol–water partition coefficient (Wildman–Crippen LogP) is 5.60. The van der Waals surface area contributed by atoms with Gasteiger partial charge in [0.1, 0.15) is 0 Å². The number of hydrogen-bond donors (Lipinski definition) is 0. The highest BCUT2D eigenvalue weighted by atomic mass is 32.2. The third kappa shape index (κ3) is 5.84. The van der Waals surface area contributed by atoms with Crippen LogP contribution in [-0.2, 0) is 14.1 Å². The molecule has 1 aromatic carbocycles.